The lowest BCUT2D eigenvalue weighted by Gasteiger charge is -2.20. The maximum absolute atomic E-state index is 14.3. The number of hydrogen-bond donors (Lipinski definition) is 0. The third-order valence-electron chi connectivity index (χ3n) is 4.90. The highest BCUT2D eigenvalue weighted by atomic mass is 19.2. The molecule has 4 aromatic rings. The predicted molar refractivity (Wildman–Crippen MR) is 103 cm³/mol. The van der Waals surface area contributed by atoms with Crippen LogP contribution in [0.4, 0.5) is 48.3 Å². The fraction of sp³-hybridized carbons (Fsp3) is 0. The minimum absolute atomic E-state index is 0.0908. The van der Waals surface area contributed by atoms with E-state index in [4.69, 9.17) is 9.31 Å². The Kier molecular flexibility index (Phi) is 6.45. The Morgan fingerprint density at radius 3 is 1.72 bits per heavy atom. The molecule has 4 rings (SSSR count). The van der Waals surface area contributed by atoms with E-state index in [0.717, 1.165) is 6.07 Å². The van der Waals surface area contributed by atoms with Crippen LogP contribution in [-0.2, 0) is 0 Å². The van der Waals surface area contributed by atoms with E-state index in [0.29, 0.717) is 18.2 Å². The summed E-state index contributed by atoms with van der Waals surface area (Å²) in [6.07, 6.45) is 0. The first-order valence-corrected chi connectivity index (χ1v) is 9.47. The first kappa shape index (κ1) is 25.1. The number of fused-ring (bicyclic) bond motifs is 1. The molecule has 0 spiro atoms. The summed E-state index contributed by atoms with van der Waals surface area (Å²) in [5, 5.41) is -1.69. The SMILES string of the molecule is Fc1cc(F)c(F)c(OB(Oc2c(F)c(F)c(F)c(F)c2F)c2ccc(F)c3c(F)c(F)ccc23)c1. The summed E-state index contributed by atoms with van der Waals surface area (Å²) in [5.74, 6) is -25.5. The molecule has 0 aliphatic heterocycles. The molecule has 0 saturated carbocycles. The van der Waals surface area contributed by atoms with Crippen LogP contribution in [0.15, 0.2) is 36.4 Å². The van der Waals surface area contributed by atoms with Crippen molar-refractivity contribution in [2.45, 2.75) is 0 Å². The third kappa shape index (κ3) is 4.16. The molecular weight excluding hydrogens is 516 g/mol. The van der Waals surface area contributed by atoms with Crippen LogP contribution in [0.25, 0.3) is 10.8 Å². The highest BCUT2D eigenvalue weighted by Crippen LogP contribution is 2.31. The molecule has 0 atom stereocenters. The van der Waals surface area contributed by atoms with Crippen molar-refractivity contribution >= 4 is 23.4 Å². The van der Waals surface area contributed by atoms with Crippen LogP contribution in [0.3, 0.4) is 0 Å². The largest absolute Gasteiger partial charge is 0.633 e. The van der Waals surface area contributed by atoms with E-state index in [1.165, 1.54) is 0 Å². The van der Waals surface area contributed by atoms with Gasteiger partial charge in [0.15, 0.2) is 29.0 Å². The van der Waals surface area contributed by atoms with Gasteiger partial charge in [0, 0.05) is 17.6 Å². The zero-order chi connectivity index (χ0) is 26.5. The van der Waals surface area contributed by atoms with Crippen molar-refractivity contribution in [1.29, 1.82) is 0 Å². The Hall–Kier alpha value is -3.97. The molecule has 0 amide bonds. The standard InChI is InChI=1S/C22H6BF11O2/c24-7-5-12(27)15(28)13(6-7)35-23(36-22-20(33)18(31)17(30)19(32)21(22)34)9-2-4-10(25)14-8(9)1-3-11(26)16(14)29/h1-6H. The van der Waals surface area contributed by atoms with Gasteiger partial charge in [-0.15, -0.1) is 0 Å². The molecule has 0 unspecified atom stereocenters. The summed E-state index contributed by atoms with van der Waals surface area (Å²) in [6, 6.07) is 2.72. The Balaban J connectivity index is 1.97. The molecule has 0 aliphatic rings. The van der Waals surface area contributed by atoms with Gasteiger partial charge in [-0.05, 0) is 17.5 Å². The fourth-order valence-corrected chi connectivity index (χ4v) is 3.25. The van der Waals surface area contributed by atoms with Crippen LogP contribution in [0.5, 0.6) is 11.5 Å². The van der Waals surface area contributed by atoms with Gasteiger partial charge in [0.25, 0.3) is 0 Å². The van der Waals surface area contributed by atoms with Crippen molar-refractivity contribution in [2.24, 2.45) is 0 Å². The third-order valence-corrected chi connectivity index (χ3v) is 4.90. The first-order valence-electron chi connectivity index (χ1n) is 9.47. The summed E-state index contributed by atoms with van der Waals surface area (Å²) >= 11 is 0. The van der Waals surface area contributed by atoms with E-state index >= 15 is 0 Å². The first-order chi connectivity index (χ1) is 16.9. The molecule has 0 aromatic heterocycles. The molecule has 0 saturated heterocycles. The van der Waals surface area contributed by atoms with E-state index in [9.17, 15) is 48.3 Å². The summed E-state index contributed by atoms with van der Waals surface area (Å²) in [7, 11) is -2.55. The van der Waals surface area contributed by atoms with E-state index in [-0.39, 0.29) is 12.1 Å². The predicted octanol–water partition coefficient (Wildman–Crippen LogP) is 6.22. The van der Waals surface area contributed by atoms with Gasteiger partial charge in [-0.3, -0.25) is 0 Å². The van der Waals surface area contributed by atoms with Crippen LogP contribution in [0, 0.1) is 64.0 Å². The van der Waals surface area contributed by atoms with E-state index in [2.05, 4.69) is 0 Å². The van der Waals surface area contributed by atoms with Crippen LogP contribution in [0.2, 0.25) is 0 Å². The van der Waals surface area contributed by atoms with Gasteiger partial charge in [0.05, 0.1) is 5.39 Å². The molecule has 0 N–H and O–H groups in total. The maximum atomic E-state index is 14.3. The van der Waals surface area contributed by atoms with Crippen molar-refractivity contribution in [3.63, 3.8) is 0 Å². The second-order valence-electron chi connectivity index (χ2n) is 7.09. The molecule has 2 nitrogen and oxygen atoms in total. The molecule has 186 valence electrons. The van der Waals surface area contributed by atoms with Gasteiger partial charge in [0.1, 0.15) is 17.4 Å². The summed E-state index contributed by atoms with van der Waals surface area (Å²) in [5.41, 5.74) is -0.682. The topological polar surface area (TPSA) is 18.5 Å². The van der Waals surface area contributed by atoms with Crippen molar-refractivity contribution in [1.82, 2.24) is 0 Å². The van der Waals surface area contributed by atoms with Gasteiger partial charge in [0.2, 0.25) is 29.1 Å². The average molecular weight is 522 g/mol. The van der Waals surface area contributed by atoms with Crippen molar-refractivity contribution in [3.05, 3.63) is 100 Å². The molecule has 0 heterocycles. The van der Waals surface area contributed by atoms with E-state index in [1.807, 2.05) is 0 Å². The van der Waals surface area contributed by atoms with Crippen LogP contribution in [-0.4, -0.2) is 7.12 Å². The van der Waals surface area contributed by atoms with Crippen molar-refractivity contribution in [2.75, 3.05) is 0 Å². The molecule has 14 heteroatoms. The quantitative estimate of drug-likeness (QED) is 0.134. The van der Waals surface area contributed by atoms with Crippen LogP contribution in [0.1, 0.15) is 0 Å². The number of rotatable bonds is 5. The number of hydrogen-bond acceptors (Lipinski definition) is 2. The lowest BCUT2D eigenvalue weighted by Crippen LogP contribution is -2.44. The highest BCUT2D eigenvalue weighted by molar-refractivity contribution is 6.65. The Labute approximate surface area is 193 Å². The van der Waals surface area contributed by atoms with Gasteiger partial charge >= 0.3 is 7.12 Å². The minimum atomic E-state index is -2.56. The molecule has 0 radical (unpaired) electrons. The smallest absolute Gasteiger partial charge is 0.520 e. The number of benzene rings is 4. The summed E-state index contributed by atoms with van der Waals surface area (Å²) in [6.45, 7) is 0. The summed E-state index contributed by atoms with van der Waals surface area (Å²) in [4.78, 5) is 0. The maximum Gasteiger partial charge on any atom is 0.633 e. The van der Waals surface area contributed by atoms with Crippen molar-refractivity contribution in [3.8, 4) is 11.5 Å². The van der Waals surface area contributed by atoms with Gasteiger partial charge in [-0.2, -0.15) is 13.2 Å². The fourth-order valence-electron chi connectivity index (χ4n) is 3.25. The summed E-state index contributed by atoms with van der Waals surface area (Å²) < 4.78 is 163. The molecular formula is C22H6BF11O2. The second kappa shape index (κ2) is 9.24. The van der Waals surface area contributed by atoms with Crippen LogP contribution >= 0.6 is 0 Å². The van der Waals surface area contributed by atoms with Gasteiger partial charge in [-0.1, -0.05) is 12.1 Å². The van der Waals surface area contributed by atoms with E-state index < -0.39 is 98.8 Å². The number of halogens is 11. The monoisotopic (exact) mass is 522 g/mol. The zero-order valence-corrected chi connectivity index (χ0v) is 17.0. The average Bonchev–Trinajstić information content (AvgIpc) is 2.84. The Bertz CT molecular complexity index is 1500. The normalized spacial score (nSPS) is 11.2. The van der Waals surface area contributed by atoms with Gasteiger partial charge in [-0.25, -0.2) is 35.1 Å². The lowest BCUT2D eigenvalue weighted by molar-refractivity contribution is 0.331. The minimum Gasteiger partial charge on any atom is -0.520 e. The molecule has 4 aromatic carbocycles. The molecule has 0 aliphatic carbocycles. The lowest BCUT2D eigenvalue weighted by atomic mass is 9.75. The molecule has 36 heavy (non-hydrogen) atoms. The Morgan fingerprint density at radius 2 is 1.08 bits per heavy atom. The Morgan fingerprint density at radius 1 is 0.500 bits per heavy atom. The van der Waals surface area contributed by atoms with E-state index in [1.54, 1.807) is 0 Å². The second-order valence-corrected chi connectivity index (χ2v) is 7.09. The van der Waals surface area contributed by atoms with Crippen LogP contribution < -0.4 is 14.8 Å². The molecule has 0 fully saturated rings. The zero-order valence-electron chi connectivity index (χ0n) is 17.0. The molecule has 0 bridgehead atoms. The highest BCUT2D eigenvalue weighted by Gasteiger charge is 2.36. The van der Waals surface area contributed by atoms with Crippen molar-refractivity contribution < 1.29 is 57.6 Å². The van der Waals surface area contributed by atoms with Gasteiger partial charge < -0.3 is 9.31 Å².